The third-order valence-corrected chi connectivity index (χ3v) is 3.60. The Balaban J connectivity index is 1.93. The number of hydrogen-bond acceptors (Lipinski definition) is 1. The zero-order valence-electron chi connectivity index (χ0n) is 9.96. The van der Waals surface area contributed by atoms with Gasteiger partial charge >= 0.3 is 0 Å². The Morgan fingerprint density at radius 2 is 2.28 bits per heavy atom. The quantitative estimate of drug-likeness (QED) is 0.848. The number of nitrogens with one attached hydrogen (secondary N) is 1. The summed E-state index contributed by atoms with van der Waals surface area (Å²) in [6.07, 6.45) is 7.43. The molecule has 0 bridgehead atoms. The first-order valence-electron chi connectivity index (χ1n) is 6.05. The van der Waals surface area contributed by atoms with Crippen molar-refractivity contribution in [3.63, 3.8) is 0 Å². The minimum Gasteiger partial charge on any atom is -0.352 e. The molecule has 0 aromatic heterocycles. The van der Waals surface area contributed by atoms with Gasteiger partial charge in [-0.25, -0.2) is 4.39 Å². The van der Waals surface area contributed by atoms with E-state index in [4.69, 9.17) is 0 Å². The van der Waals surface area contributed by atoms with Crippen LogP contribution in [0.5, 0.6) is 0 Å². The van der Waals surface area contributed by atoms with E-state index in [0.717, 1.165) is 19.3 Å². The van der Waals surface area contributed by atoms with Crippen LogP contribution < -0.4 is 5.32 Å². The van der Waals surface area contributed by atoms with Gasteiger partial charge in [-0.2, -0.15) is 0 Å². The molecule has 1 amide bonds. The Kier molecular flexibility index (Phi) is 4.53. The topological polar surface area (TPSA) is 29.1 Å². The first kappa shape index (κ1) is 13.3. The maximum atomic E-state index is 13.6. The molecule has 1 aliphatic carbocycles. The fourth-order valence-electron chi connectivity index (χ4n) is 2.05. The summed E-state index contributed by atoms with van der Waals surface area (Å²) in [6, 6.07) is 4.47. The normalized spacial score (nSPS) is 18.7. The molecule has 1 unspecified atom stereocenters. The maximum absolute atomic E-state index is 13.6. The lowest BCUT2D eigenvalue weighted by atomic mass is 9.94. The van der Waals surface area contributed by atoms with Crippen molar-refractivity contribution in [1.82, 2.24) is 5.32 Å². The smallest absolute Gasteiger partial charge is 0.254 e. The van der Waals surface area contributed by atoms with Crippen molar-refractivity contribution in [3.8, 4) is 0 Å². The molecule has 2 rings (SSSR count). The summed E-state index contributed by atoms with van der Waals surface area (Å²) in [4.78, 5) is 11.8. The fraction of sp³-hybridized carbons (Fsp3) is 0.357. The van der Waals surface area contributed by atoms with Gasteiger partial charge in [-0.05, 0) is 43.4 Å². The molecular weight excluding hydrogens is 297 g/mol. The standard InChI is InChI=1S/C14H15BrFNO/c15-11-6-7-12(13(16)8-11)14(18)17-9-10-4-2-1-3-5-10/h1-2,6-8,10H,3-5,9H2,(H,17,18). The number of allylic oxidation sites excluding steroid dienone is 2. The van der Waals surface area contributed by atoms with Crippen molar-refractivity contribution in [2.24, 2.45) is 5.92 Å². The molecule has 1 aromatic carbocycles. The molecule has 2 nitrogen and oxygen atoms in total. The van der Waals surface area contributed by atoms with Crippen molar-refractivity contribution < 1.29 is 9.18 Å². The van der Waals surface area contributed by atoms with E-state index in [1.54, 1.807) is 6.07 Å². The summed E-state index contributed by atoms with van der Waals surface area (Å²) < 4.78 is 14.2. The van der Waals surface area contributed by atoms with Crippen LogP contribution in [0, 0.1) is 11.7 Å². The number of benzene rings is 1. The zero-order chi connectivity index (χ0) is 13.0. The molecule has 0 aliphatic heterocycles. The summed E-state index contributed by atoms with van der Waals surface area (Å²) in [5.41, 5.74) is 0.101. The van der Waals surface area contributed by atoms with E-state index in [1.165, 1.54) is 12.1 Å². The van der Waals surface area contributed by atoms with Gasteiger partial charge in [-0.3, -0.25) is 4.79 Å². The van der Waals surface area contributed by atoms with Crippen LogP contribution >= 0.6 is 15.9 Å². The molecule has 0 fully saturated rings. The molecule has 0 radical (unpaired) electrons. The summed E-state index contributed by atoms with van der Waals surface area (Å²) in [5, 5.41) is 2.80. The second-order valence-electron chi connectivity index (χ2n) is 4.48. The van der Waals surface area contributed by atoms with Crippen LogP contribution in [-0.4, -0.2) is 12.5 Å². The van der Waals surface area contributed by atoms with E-state index in [0.29, 0.717) is 16.9 Å². The number of rotatable bonds is 3. The Morgan fingerprint density at radius 1 is 1.44 bits per heavy atom. The highest BCUT2D eigenvalue weighted by Gasteiger charge is 2.14. The molecule has 18 heavy (non-hydrogen) atoms. The molecular formula is C14H15BrFNO. The molecule has 1 aliphatic rings. The molecule has 1 atom stereocenters. The van der Waals surface area contributed by atoms with Crippen LogP contribution in [0.15, 0.2) is 34.8 Å². The molecule has 0 spiro atoms. The number of halogens is 2. The highest BCUT2D eigenvalue weighted by molar-refractivity contribution is 9.10. The zero-order valence-corrected chi connectivity index (χ0v) is 11.5. The van der Waals surface area contributed by atoms with Gasteiger partial charge in [0.2, 0.25) is 0 Å². The van der Waals surface area contributed by atoms with E-state index in [1.807, 2.05) is 0 Å². The molecule has 0 heterocycles. The molecule has 4 heteroatoms. The van der Waals surface area contributed by atoms with Crippen molar-refractivity contribution in [3.05, 3.63) is 46.2 Å². The summed E-state index contributed by atoms with van der Waals surface area (Å²) in [6.45, 7) is 0.610. The molecule has 0 saturated carbocycles. The number of carbonyl (C=O) groups is 1. The second kappa shape index (κ2) is 6.14. The number of amides is 1. The predicted octanol–water partition coefficient (Wildman–Crippen LogP) is 3.67. The van der Waals surface area contributed by atoms with Gasteiger partial charge < -0.3 is 5.32 Å². The van der Waals surface area contributed by atoms with E-state index < -0.39 is 5.82 Å². The monoisotopic (exact) mass is 311 g/mol. The maximum Gasteiger partial charge on any atom is 0.254 e. The largest absolute Gasteiger partial charge is 0.352 e. The van der Waals surface area contributed by atoms with Crippen molar-refractivity contribution in [1.29, 1.82) is 0 Å². The first-order valence-corrected chi connectivity index (χ1v) is 6.84. The van der Waals surface area contributed by atoms with Crippen LogP contribution in [0.3, 0.4) is 0 Å². The van der Waals surface area contributed by atoms with E-state index in [9.17, 15) is 9.18 Å². The average molecular weight is 312 g/mol. The van der Waals surface area contributed by atoms with Gasteiger partial charge in [0.25, 0.3) is 5.91 Å². The van der Waals surface area contributed by atoms with Crippen LogP contribution in [-0.2, 0) is 0 Å². The SMILES string of the molecule is O=C(NCC1CC=CCC1)c1ccc(Br)cc1F. The summed E-state index contributed by atoms with van der Waals surface area (Å²) >= 11 is 3.17. The Labute approximate surface area is 114 Å². The van der Waals surface area contributed by atoms with Crippen molar-refractivity contribution >= 4 is 21.8 Å². The van der Waals surface area contributed by atoms with E-state index in [2.05, 4.69) is 33.4 Å². The van der Waals surface area contributed by atoms with Gasteiger partial charge in [0.1, 0.15) is 5.82 Å². The molecule has 1 N–H and O–H groups in total. The lowest BCUT2D eigenvalue weighted by Crippen LogP contribution is -2.30. The third-order valence-electron chi connectivity index (χ3n) is 3.10. The van der Waals surface area contributed by atoms with Crippen LogP contribution in [0.1, 0.15) is 29.6 Å². The van der Waals surface area contributed by atoms with Gasteiger partial charge in [0.15, 0.2) is 0 Å². The van der Waals surface area contributed by atoms with Crippen LogP contribution in [0.4, 0.5) is 4.39 Å². The summed E-state index contributed by atoms with van der Waals surface area (Å²) in [5.74, 6) is -0.363. The average Bonchev–Trinajstić information content (AvgIpc) is 2.37. The number of carbonyl (C=O) groups excluding carboxylic acids is 1. The molecule has 1 aromatic rings. The first-order chi connectivity index (χ1) is 8.66. The van der Waals surface area contributed by atoms with E-state index >= 15 is 0 Å². The minimum absolute atomic E-state index is 0.101. The molecule has 0 saturated heterocycles. The van der Waals surface area contributed by atoms with Crippen LogP contribution in [0.2, 0.25) is 0 Å². The number of hydrogen-bond donors (Lipinski definition) is 1. The third kappa shape index (κ3) is 3.42. The highest BCUT2D eigenvalue weighted by Crippen LogP contribution is 2.18. The lowest BCUT2D eigenvalue weighted by Gasteiger charge is -2.18. The van der Waals surface area contributed by atoms with Gasteiger partial charge in [-0.1, -0.05) is 28.1 Å². The fourth-order valence-corrected chi connectivity index (χ4v) is 2.38. The van der Waals surface area contributed by atoms with Crippen LogP contribution in [0.25, 0.3) is 0 Å². The summed E-state index contributed by atoms with van der Waals surface area (Å²) in [7, 11) is 0. The Hall–Kier alpha value is -1.16. The Morgan fingerprint density at radius 3 is 2.94 bits per heavy atom. The minimum atomic E-state index is -0.495. The van der Waals surface area contributed by atoms with E-state index in [-0.39, 0.29) is 11.5 Å². The second-order valence-corrected chi connectivity index (χ2v) is 5.40. The molecule has 96 valence electrons. The Bertz CT molecular complexity index is 473. The van der Waals surface area contributed by atoms with Gasteiger partial charge in [-0.15, -0.1) is 0 Å². The van der Waals surface area contributed by atoms with Gasteiger partial charge in [0.05, 0.1) is 5.56 Å². The predicted molar refractivity (Wildman–Crippen MR) is 72.9 cm³/mol. The van der Waals surface area contributed by atoms with Crippen molar-refractivity contribution in [2.75, 3.05) is 6.54 Å². The lowest BCUT2D eigenvalue weighted by molar-refractivity contribution is 0.0942. The highest BCUT2D eigenvalue weighted by atomic mass is 79.9. The van der Waals surface area contributed by atoms with Crippen molar-refractivity contribution in [2.45, 2.75) is 19.3 Å². The van der Waals surface area contributed by atoms with Gasteiger partial charge in [0, 0.05) is 11.0 Å².